The second-order valence-corrected chi connectivity index (χ2v) is 6.20. The fourth-order valence-electron chi connectivity index (χ4n) is 2.96. The predicted octanol–water partition coefficient (Wildman–Crippen LogP) is -0.299. The van der Waals surface area contributed by atoms with Crippen molar-refractivity contribution in [3.8, 4) is 5.82 Å². The van der Waals surface area contributed by atoms with Gasteiger partial charge < -0.3 is 10.2 Å². The molecule has 138 valence electrons. The summed E-state index contributed by atoms with van der Waals surface area (Å²) in [6.45, 7) is 0.714. The van der Waals surface area contributed by atoms with Gasteiger partial charge in [-0.1, -0.05) is 6.07 Å². The standard InChI is InChI=1S/C16H17N9O2/c26-15-5-4-12(19-15)9-24(8-11-3-1-2-6-17-11)16(27)13-7-14(21-20-13)25-10-18-22-23-25/h1-3,6-7,10,12H,4-5,8-9H2,(H,19,26)(H,20,21)/t12-/m0/s1. The van der Waals surface area contributed by atoms with Crippen LogP contribution in [0.25, 0.3) is 5.82 Å². The molecule has 1 aliphatic rings. The van der Waals surface area contributed by atoms with Gasteiger partial charge in [0.1, 0.15) is 12.0 Å². The Hall–Kier alpha value is -3.63. The molecule has 1 fully saturated rings. The monoisotopic (exact) mass is 367 g/mol. The number of rotatable bonds is 6. The van der Waals surface area contributed by atoms with E-state index in [4.69, 9.17) is 0 Å². The lowest BCUT2D eigenvalue weighted by Gasteiger charge is -2.25. The molecule has 11 heteroatoms. The predicted molar refractivity (Wildman–Crippen MR) is 91.4 cm³/mol. The van der Waals surface area contributed by atoms with Crippen molar-refractivity contribution < 1.29 is 9.59 Å². The smallest absolute Gasteiger partial charge is 0.272 e. The Kier molecular flexibility index (Phi) is 4.56. The van der Waals surface area contributed by atoms with Gasteiger partial charge in [-0.2, -0.15) is 9.78 Å². The van der Waals surface area contributed by atoms with E-state index in [1.807, 2.05) is 18.2 Å². The zero-order chi connectivity index (χ0) is 18.6. The zero-order valence-electron chi connectivity index (χ0n) is 14.3. The first-order valence-corrected chi connectivity index (χ1v) is 8.46. The van der Waals surface area contributed by atoms with Crippen LogP contribution in [0.5, 0.6) is 0 Å². The summed E-state index contributed by atoms with van der Waals surface area (Å²) >= 11 is 0. The SMILES string of the molecule is O=C1CC[C@@H](CN(Cc2ccccn2)C(=O)c2cc(-n3cnnn3)n[nH]2)N1. The van der Waals surface area contributed by atoms with E-state index in [0.29, 0.717) is 37.4 Å². The van der Waals surface area contributed by atoms with Gasteiger partial charge in [0.15, 0.2) is 5.82 Å². The quantitative estimate of drug-likeness (QED) is 0.611. The molecule has 0 aliphatic carbocycles. The maximum atomic E-state index is 13.1. The molecular weight excluding hydrogens is 350 g/mol. The van der Waals surface area contributed by atoms with Crippen LogP contribution in [0.15, 0.2) is 36.8 Å². The Morgan fingerprint density at radius 2 is 2.30 bits per heavy atom. The molecule has 27 heavy (non-hydrogen) atoms. The van der Waals surface area contributed by atoms with E-state index in [1.165, 1.54) is 11.0 Å². The van der Waals surface area contributed by atoms with E-state index in [0.717, 1.165) is 5.69 Å². The van der Waals surface area contributed by atoms with Crippen LogP contribution in [0, 0.1) is 0 Å². The number of hydrogen-bond donors (Lipinski definition) is 2. The van der Waals surface area contributed by atoms with Gasteiger partial charge in [-0.15, -0.1) is 5.10 Å². The van der Waals surface area contributed by atoms with Gasteiger partial charge in [-0.25, -0.2) is 0 Å². The molecule has 0 aromatic carbocycles. The lowest BCUT2D eigenvalue weighted by atomic mass is 10.2. The number of pyridine rings is 1. The molecule has 0 unspecified atom stereocenters. The average molecular weight is 367 g/mol. The van der Waals surface area contributed by atoms with Gasteiger partial charge in [-0.05, 0) is 29.0 Å². The molecule has 0 saturated carbocycles. The summed E-state index contributed by atoms with van der Waals surface area (Å²) < 4.78 is 1.35. The summed E-state index contributed by atoms with van der Waals surface area (Å²) in [5, 5.41) is 20.6. The maximum absolute atomic E-state index is 13.1. The average Bonchev–Trinajstić information content (AvgIpc) is 3.43. The minimum absolute atomic E-state index is 0.00717. The topological polar surface area (TPSA) is 135 Å². The molecule has 1 atom stereocenters. The van der Waals surface area contributed by atoms with E-state index in [1.54, 1.807) is 17.2 Å². The molecule has 4 rings (SSSR count). The number of carbonyl (C=O) groups excluding carboxylic acids is 2. The third kappa shape index (κ3) is 3.81. The molecule has 2 amide bonds. The fraction of sp³-hybridized carbons (Fsp3) is 0.312. The van der Waals surface area contributed by atoms with Crippen molar-refractivity contribution in [3.05, 3.63) is 48.2 Å². The summed E-state index contributed by atoms with van der Waals surface area (Å²) in [6.07, 6.45) is 4.25. The fourth-order valence-corrected chi connectivity index (χ4v) is 2.96. The number of amides is 2. The van der Waals surface area contributed by atoms with E-state index in [-0.39, 0.29) is 17.9 Å². The molecule has 1 aliphatic heterocycles. The summed E-state index contributed by atoms with van der Waals surface area (Å²) in [6, 6.07) is 7.05. The molecule has 3 aromatic heterocycles. The van der Waals surface area contributed by atoms with Crippen LogP contribution >= 0.6 is 0 Å². The Morgan fingerprint density at radius 1 is 1.37 bits per heavy atom. The van der Waals surface area contributed by atoms with Crippen LogP contribution in [0.3, 0.4) is 0 Å². The number of carbonyl (C=O) groups is 2. The zero-order valence-corrected chi connectivity index (χ0v) is 14.3. The molecule has 2 N–H and O–H groups in total. The third-order valence-electron chi connectivity index (χ3n) is 4.27. The summed E-state index contributed by atoms with van der Waals surface area (Å²) in [5.41, 5.74) is 1.07. The minimum atomic E-state index is -0.242. The molecule has 4 heterocycles. The van der Waals surface area contributed by atoms with Crippen molar-refractivity contribution in [2.24, 2.45) is 0 Å². The molecule has 1 saturated heterocycles. The highest BCUT2D eigenvalue weighted by Gasteiger charge is 2.27. The highest BCUT2D eigenvalue weighted by molar-refractivity contribution is 5.92. The summed E-state index contributed by atoms with van der Waals surface area (Å²) in [4.78, 5) is 30.5. The highest BCUT2D eigenvalue weighted by Crippen LogP contribution is 2.14. The Morgan fingerprint density at radius 3 is 3.00 bits per heavy atom. The lowest BCUT2D eigenvalue weighted by Crippen LogP contribution is -2.41. The van der Waals surface area contributed by atoms with Crippen LogP contribution in [0.4, 0.5) is 0 Å². The molecule has 11 nitrogen and oxygen atoms in total. The normalized spacial score (nSPS) is 16.3. The number of tetrazole rings is 1. The van der Waals surface area contributed by atoms with Gasteiger partial charge in [-0.3, -0.25) is 19.7 Å². The van der Waals surface area contributed by atoms with Crippen molar-refractivity contribution in [2.75, 3.05) is 6.54 Å². The van der Waals surface area contributed by atoms with Crippen LogP contribution in [0.2, 0.25) is 0 Å². The first-order valence-electron chi connectivity index (χ1n) is 8.46. The van der Waals surface area contributed by atoms with Crippen LogP contribution in [0.1, 0.15) is 29.0 Å². The molecule has 0 spiro atoms. The van der Waals surface area contributed by atoms with Gasteiger partial charge >= 0.3 is 0 Å². The first kappa shape index (κ1) is 16.8. The molecular formula is C16H17N9O2. The van der Waals surface area contributed by atoms with E-state index >= 15 is 0 Å². The van der Waals surface area contributed by atoms with E-state index in [9.17, 15) is 9.59 Å². The van der Waals surface area contributed by atoms with Crippen LogP contribution < -0.4 is 5.32 Å². The van der Waals surface area contributed by atoms with Gasteiger partial charge in [0.2, 0.25) is 5.91 Å². The van der Waals surface area contributed by atoms with E-state index < -0.39 is 0 Å². The van der Waals surface area contributed by atoms with Gasteiger partial charge in [0.25, 0.3) is 5.91 Å². The molecule has 0 bridgehead atoms. The van der Waals surface area contributed by atoms with Crippen LogP contribution in [-0.2, 0) is 11.3 Å². The molecule has 3 aromatic rings. The van der Waals surface area contributed by atoms with Crippen molar-refractivity contribution in [1.29, 1.82) is 0 Å². The Labute approximate surface area is 153 Å². The Balaban J connectivity index is 1.55. The molecule has 0 radical (unpaired) electrons. The number of H-pyrrole nitrogens is 1. The van der Waals surface area contributed by atoms with Gasteiger partial charge in [0.05, 0.1) is 12.2 Å². The number of aromatic amines is 1. The highest BCUT2D eigenvalue weighted by atomic mass is 16.2. The summed E-state index contributed by atoms with van der Waals surface area (Å²) in [7, 11) is 0. The van der Waals surface area contributed by atoms with Gasteiger partial charge in [0, 0.05) is 31.3 Å². The van der Waals surface area contributed by atoms with Crippen molar-refractivity contribution >= 4 is 11.8 Å². The number of nitrogens with one attached hydrogen (secondary N) is 2. The maximum Gasteiger partial charge on any atom is 0.272 e. The van der Waals surface area contributed by atoms with Crippen molar-refractivity contribution in [2.45, 2.75) is 25.4 Å². The Bertz CT molecular complexity index is 923. The number of hydrogen-bond acceptors (Lipinski definition) is 7. The van der Waals surface area contributed by atoms with Crippen LogP contribution in [-0.4, -0.2) is 64.7 Å². The van der Waals surface area contributed by atoms with Crippen molar-refractivity contribution in [1.82, 2.24) is 45.6 Å². The summed E-state index contributed by atoms with van der Waals surface area (Å²) in [5.74, 6) is 0.177. The number of aromatic nitrogens is 7. The van der Waals surface area contributed by atoms with E-state index in [2.05, 4.69) is 36.0 Å². The largest absolute Gasteiger partial charge is 0.352 e. The van der Waals surface area contributed by atoms with Crippen molar-refractivity contribution in [3.63, 3.8) is 0 Å². The first-order chi connectivity index (χ1) is 13.2. The minimum Gasteiger partial charge on any atom is -0.352 e. The lowest BCUT2D eigenvalue weighted by molar-refractivity contribution is -0.119. The second kappa shape index (κ2) is 7.32. The third-order valence-corrected chi connectivity index (χ3v) is 4.27. The second-order valence-electron chi connectivity index (χ2n) is 6.20. The number of nitrogens with zero attached hydrogens (tertiary/aromatic N) is 7.